The quantitative estimate of drug-likeness (QED) is 0.855. The summed E-state index contributed by atoms with van der Waals surface area (Å²) in [5.41, 5.74) is 1.15. The smallest absolute Gasteiger partial charge is 0.0900 e. The van der Waals surface area contributed by atoms with Crippen LogP contribution < -0.4 is 0 Å². The van der Waals surface area contributed by atoms with Gasteiger partial charge < -0.3 is 9.84 Å². The lowest BCUT2D eigenvalue weighted by atomic mass is 10.0. The summed E-state index contributed by atoms with van der Waals surface area (Å²) < 4.78 is 5.58. The minimum absolute atomic E-state index is 0.385. The van der Waals surface area contributed by atoms with Gasteiger partial charge in [-0.1, -0.05) is 36.8 Å². The Bertz CT molecular complexity index is 355. The summed E-state index contributed by atoms with van der Waals surface area (Å²) in [7, 11) is 0. The van der Waals surface area contributed by atoms with Crippen LogP contribution >= 0.6 is 0 Å². The average Bonchev–Trinajstić information content (AvgIpc) is 2.43. The molecule has 0 saturated carbocycles. The van der Waals surface area contributed by atoms with Crippen molar-refractivity contribution in [2.75, 3.05) is 19.7 Å². The predicted octanol–water partition coefficient (Wildman–Crippen LogP) is 2.44. The van der Waals surface area contributed by atoms with Crippen LogP contribution in [-0.4, -0.2) is 41.8 Å². The van der Waals surface area contributed by atoms with Crippen LogP contribution in [0.3, 0.4) is 0 Å². The Morgan fingerprint density at radius 2 is 2.11 bits per heavy atom. The Hall–Kier alpha value is -0.900. The number of hydrogen-bond acceptors (Lipinski definition) is 3. The molecule has 106 valence electrons. The van der Waals surface area contributed by atoms with E-state index in [1.807, 2.05) is 30.3 Å². The zero-order valence-electron chi connectivity index (χ0n) is 11.8. The molecular formula is C16H25NO2. The van der Waals surface area contributed by atoms with Gasteiger partial charge >= 0.3 is 0 Å². The van der Waals surface area contributed by atoms with E-state index in [1.54, 1.807) is 0 Å². The lowest BCUT2D eigenvalue weighted by Crippen LogP contribution is -2.43. The number of likely N-dealkylation sites (tertiary alicyclic amines) is 1. The van der Waals surface area contributed by atoms with Gasteiger partial charge in [-0.25, -0.2) is 0 Å². The molecule has 0 amide bonds. The van der Waals surface area contributed by atoms with E-state index >= 15 is 0 Å². The minimum Gasteiger partial charge on any atom is -0.389 e. The molecule has 1 aliphatic rings. The van der Waals surface area contributed by atoms with Gasteiger partial charge in [0.05, 0.1) is 19.3 Å². The first kappa shape index (κ1) is 14.5. The van der Waals surface area contributed by atoms with E-state index in [1.165, 1.54) is 19.3 Å². The molecule has 1 aromatic carbocycles. The number of aliphatic hydroxyl groups excluding tert-OH is 1. The molecule has 3 heteroatoms. The molecule has 2 rings (SSSR count). The summed E-state index contributed by atoms with van der Waals surface area (Å²) in [6, 6.07) is 10.7. The van der Waals surface area contributed by atoms with E-state index in [2.05, 4.69) is 11.8 Å². The topological polar surface area (TPSA) is 32.7 Å². The second-order valence-electron chi connectivity index (χ2n) is 5.49. The third-order valence-electron chi connectivity index (χ3n) is 3.81. The Balaban J connectivity index is 1.65. The molecule has 1 aromatic rings. The van der Waals surface area contributed by atoms with E-state index in [-0.39, 0.29) is 6.10 Å². The summed E-state index contributed by atoms with van der Waals surface area (Å²) in [5.74, 6) is 0. The van der Waals surface area contributed by atoms with Crippen molar-refractivity contribution in [3.8, 4) is 0 Å². The molecule has 0 aromatic heterocycles. The van der Waals surface area contributed by atoms with Crippen molar-refractivity contribution < 1.29 is 9.84 Å². The number of aliphatic hydroxyl groups is 1. The highest BCUT2D eigenvalue weighted by atomic mass is 16.5. The molecule has 3 nitrogen and oxygen atoms in total. The number of piperidine rings is 1. The first-order valence-corrected chi connectivity index (χ1v) is 7.29. The van der Waals surface area contributed by atoms with Crippen LogP contribution in [-0.2, 0) is 11.3 Å². The maximum Gasteiger partial charge on any atom is 0.0900 e. The van der Waals surface area contributed by atoms with Gasteiger partial charge in [0.15, 0.2) is 0 Å². The maximum atomic E-state index is 10.0. The van der Waals surface area contributed by atoms with Crippen molar-refractivity contribution >= 4 is 0 Å². The second-order valence-corrected chi connectivity index (χ2v) is 5.49. The van der Waals surface area contributed by atoms with Gasteiger partial charge in [-0.2, -0.15) is 0 Å². The van der Waals surface area contributed by atoms with Crippen molar-refractivity contribution in [3.63, 3.8) is 0 Å². The Morgan fingerprint density at radius 1 is 1.32 bits per heavy atom. The van der Waals surface area contributed by atoms with Gasteiger partial charge in [0.25, 0.3) is 0 Å². The summed E-state index contributed by atoms with van der Waals surface area (Å²) >= 11 is 0. The third kappa shape index (κ3) is 4.94. The zero-order valence-corrected chi connectivity index (χ0v) is 11.8. The number of nitrogens with zero attached hydrogens (tertiary/aromatic N) is 1. The van der Waals surface area contributed by atoms with Crippen LogP contribution in [0.2, 0.25) is 0 Å². The van der Waals surface area contributed by atoms with Crippen molar-refractivity contribution in [2.24, 2.45) is 0 Å². The highest BCUT2D eigenvalue weighted by Crippen LogP contribution is 2.16. The molecule has 19 heavy (non-hydrogen) atoms. The van der Waals surface area contributed by atoms with E-state index in [0.29, 0.717) is 19.3 Å². The monoisotopic (exact) mass is 263 g/mol. The van der Waals surface area contributed by atoms with Gasteiger partial charge in [-0.05, 0) is 31.9 Å². The number of rotatable bonds is 6. The predicted molar refractivity (Wildman–Crippen MR) is 77.0 cm³/mol. The Kier molecular flexibility index (Phi) is 5.83. The van der Waals surface area contributed by atoms with Crippen LogP contribution in [0, 0.1) is 0 Å². The van der Waals surface area contributed by atoms with E-state index in [4.69, 9.17) is 4.74 Å². The lowest BCUT2D eigenvalue weighted by molar-refractivity contribution is -0.00139. The Labute approximate surface area is 116 Å². The number of ether oxygens (including phenoxy) is 1. The fourth-order valence-corrected chi connectivity index (χ4v) is 2.64. The normalized spacial score (nSPS) is 22.3. The summed E-state index contributed by atoms with van der Waals surface area (Å²) in [6.07, 6.45) is 3.43. The second kappa shape index (κ2) is 7.63. The maximum absolute atomic E-state index is 10.0. The lowest BCUT2D eigenvalue weighted by Gasteiger charge is -2.34. The van der Waals surface area contributed by atoms with Crippen LogP contribution in [0.4, 0.5) is 0 Å². The fourth-order valence-electron chi connectivity index (χ4n) is 2.64. The van der Waals surface area contributed by atoms with Crippen LogP contribution in [0.5, 0.6) is 0 Å². The molecule has 1 aliphatic heterocycles. The van der Waals surface area contributed by atoms with Crippen molar-refractivity contribution in [1.82, 2.24) is 4.90 Å². The molecule has 1 fully saturated rings. The number of β-amino-alcohol motifs (C(OH)–C–C–N with tert-alkyl or cyclic N) is 1. The van der Waals surface area contributed by atoms with Crippen LogP contribution in [0.15, 0.2) is 30.3 Å². The highest BCUT2D eigenvalue weighted by molar-refractivity contribution is 5.13. The Morgan fingerprint density at radius 3 is 2.84 bits per heavy atom. The zero-order chi connectivity index (χ0) is 13.5. The van der Waals surface area contributed by atoms with Gasteiger partial charge in [-0.3, -0.25) is 4.90 Å². The molecule has 0 aliphatic carbocycles. The molecule has 1 saturated heterocycles. The SMILES string of the molecule is C[C@H]1CCCCN1C[C@@H](O)COCc1ccccc1. The number of hydrogen-bond donors (Lipinski definition) is 1. The van der Waals surface area contributed by atoms with Gasteiger partial charge in [0.2, 0.25) is 0 Å². The van der Waals surface area contributed by atoms with Gasteiger partial charge in [0, 0.05) is 12.6 Å². The first-order chi connectivity index (χ1) is 9.25. The van der Waals surface area contributed by atoms with Crippen molar-refractivity contribution in [2.45, 2.75) is 44.9 Å². The summed E-state index contributed by atoms with van der Waals surface area (Å²) in [6.45, 7) is 5.08. The number of benzene rings is 1. The third-order valence-corrected chi connectivity index (χ3v) is 3.81. The average molecular weight is 263 g/mol. The van der Waals surface area contributed by atoms with Crippen LogP contribution in [0.25, 0.3) is 0 Å². The van der Waals surface area contributed by atoms with Crippen molar-refractivity contribution in [1.29, 1.82) is 0 Å². The summed E-state index contributed by atoms with van der Waals surface area (Å²) in [4.78, 5) is 2.38. The molecule has 0 spiro atoms. The molecule has 0 radical (unpaired) electrons. The standard InChI is InChI=1S/C16H25NO2/c1-14-7-5-6-10-17(14)11-16(18)13-19-12-15-8-3-2-4-9-15/h2-4,8-9,14,16,18H,5-7,10-13H2,1H3/t14-,16+/m0/s1. The molecule has 0 bridgehead atoms. The van der Waals surface area contributed by atoms with E-state index < -0.39 is 0 Å². The highest BCUT2D eigenvalue weighted by Gasteiger charge is 2.20. The van der Waals surface area contributed by atoms with Crippen LogP contribution in [0.1, 0.15) is 31.7 Å². The molecule has 1 heterocycles. The molecular weight excluding hydrogens is 238 g/mol. The molecule has 1 N–H and O–H groups in total. The van der Waals surface area contributed by atoms with Gasteiger partial charge in [-0.15, -0.1) is 0 Å². The molecule has 2 atom stereocenters. The first-order valence-electron chi connectivity index (χ1n) is 7.29. The van der Waals surface area contributed by atoms with Gasteiger partial charge in [0.1, 0.15) is 0 Å². The minimum atomic E-state index is -0.385. The van der Waals surface area contributed by atoms with Crippen molar-refractivity contribution in [3.05, 3.63) is 35.9 Å². The van der Waals surface area contributed by atoms with E-state index in [0.717, 1.165) is 18.7 Å². The molecule has 0 unspecified atom stereocenters. The van der Waals surface area contributed by atoms with E-state index in [9.17, 15) is 5.11 Å². The fraction of sp³-hybridized carbons (Fsp3) is 0.625. The summed E-state index contributed by atoms with van der Waals surface area (Å²) in [5, 5.41) is 10.0. The largest absolute Gasteiger partial charge is 0.389 e.